The summed E-state index contributed by atoms with van der Waals surface area (Å²) < 4.78 is 2.03. The summed E-state index contributed by atoms with van der Waals surface area (Å²) in [6.45, 7) is 5.32. The lowest BCUT2D eigenvalue weighted by molar-refractivity contribution is -0.156. The molecule has 3 N–H and O–H groups in total. The number of carbonyl (C=O) groups is 1. The molecule has 1 aromatic heterocycles. The van der Waals surface area contributed by atoms with E-state index in [1.54, 1.807) is 6.20 Å². The Labute approximate surface area is 129 Å². The van der Waals surface area contributed by atoms with Crippen LogP contribution in [-0.4, -0.2) is 44.2 Å². The summed E-state index contributed by atoms with van der Waals surface area (Å²) in [6, 6.07) is 6.24. The zero-order valence-corrected chi connectivity index (χ0v) is 12.8. The molecular weight excluding hydrogens is 280 g/mol. The number of rotatable bonds is 4. The highest BCUT2D eigenvalue weighted by molar-refractivity contribution is 5.84. The Bertz CT molecular complexity index is 717. The minimum atomic E-state index is -1.36. The highest BCUT2D eigenvalue weighted by atomic mass is 16.3. The maximum atomic E-state index is 11.1. The Hall–Kier alpha value is -2.18. The van der Waals surface area contributed by atoms with Crippen molar-refractivity contribution in [2.45, 2.75) is 26.0 Å². The van der Waals surface area contributed by atoms with Gasteiger partial charge >= 0.3 is 0 Å². The molecule has 0 unspecified atom stereocenters. The normalized spacial score (nSPS) is 17.2. The first-order chi connectivity index (χ1) is 10.4. The largest absolute Gasteiger partial charge is 0.377 e. The van der Waals surface area contributed by atoms with E-state index in [0.29, 0.717) is 19.6 Å². The fraction of sp³-hybridized carbons (Fsp3) is 0.375. The van der Waals surface area contributed by atoms with Crippen molar-refractivity contribution in [2.24, 2.45) is 5.73 Å². The van der Waals surface area contributed by atoms with Gasteiger partial charge in [-0.05, 0) is 37.1 Å². The average Bonchev–Trinajstić information content (AvgIpc) is 2.85. The van der Waals surface area contributed by atoms with Crippen molar-refractivity contribution in [3.05, 3.63) is 47.5 Å². The highest BCUT2D eigenvalue weighted by Gasteiger charge is 2.46. The molecule has 0 saturated carbocycles. The lowest BCUT2D eigenvalue weighted by Crippen LogP contribution is -2.67. The monoisotopic (exact) mass is 300 g/mol. The summed E-state index contributed by atoms with van der Waals surface area (Å²) in [4.78, 5) is 17.4. The van der Waals surface area contributed by atoms with Gasteiger partial charge in [0.05, 0.1) is 0 Å². The number of hydrogen-bond acceptors (Lipinski definition) is 4. The van der Waals surface area contributed by atoms with Gasteiger partial charge in [-0.1, -0.05) is 6.07 Å². The second kappa shape index (κ2) is 5.23. The third kappa shape index (κ3) is 2.51. The summed E-state index contributed by atoms with van der Waals surface area (Å²) in [6.07, 6.45) is 3.72. The number of aryl methyl sites for hydroxylation is 2. The van der Waals surface area contributed by atoms with E-state index in [9.17, 15) is 9.90 Å². The molecule has 1 aliphatic rings. The van der Waals surface area contributed by atoms with E-state index < -0.39 is 11.5 Å². The van der Waals surface area contributed by atoms with E-state index in [4.69, 9.17) is 5.73 Å². The second-order valence-corrected chi connectivity index (χ2v) is 6.00. The first kappa shape index (κ1) is 14.7. The topological polar surface area (TPSA) is 84.4 Å². The van der Waals surface area contributed by atoms with E-state index in [-0.39, 0.29) is 0 Å². The number of aliphatic hydroxyl groups is 1. The molecule has 22 heavy (non-hydrogen) atoms. The minimum Gasteiger partial charge on any atom is -0.377 e. The number of likely N-dealkylation sites (tertiary alicyclic amines) is 1. The molecule has 3 rings (SSSR count). The molecule has 2 aromatic rings. The van der Waals surface area contributed by atoms with Crippen LogP contribution >= 0.6 is 0 Å². The maximum absolute atomic E-state index is 11.1. The van der Waals surface area contributed by atoms with Crippen LogP contribution in [0.1, 0.15) is 17.0 Å². The summed E-state index contributed by atoms with van der Waals surface area (Å²) >= 11 is 0. The molecule has 1 amide bonds. The van der Waals surface area contributed by atoms with Crippen molar-refractivity contribution >= 4 is 5.91 Å². The van der Waals surface area contributed by atoms with Crippen molar-refractivity contribution in [3.63, 3.8) is 0 Å². The fourth-order valence-corrected chi connectivity index (χ4v) is 2.86. The number of nitrogens with zero attached hydrogens (tertiary/aromatic N) is 3. The van der Waals surface area contributed by atoms with Crippen LogP contribution in [0, 0.1) is 13.8 Å². The quantitative estimate of drug-likeness (QED) is 0.862. The molecule has 0 bridgehead atoms. The van der Waals surface area contributed by atoms with Crippen LogP contribution in [0.25, 0.3) is 5.69 Å². The molecule has 1 aliphatic heterocycles. The molecule has 0 spiro atoms. The Morgan fingerprint density at radius 2 is 2.14 bits per heavy atom. The molecule has 1 aromatic carbocycles. The number of β-amino-alcohol motifs (C(OH)–C–C–N with tert-alkyl or cyclic N) is 1. The third-order valence-corrected chi connectivity index (χ3v) is 4.25. The Balaban J connectivity index is 1.72. The van der Waals surface area contributed by atoms with Crippen LogP contribution in [0.5, 0.6) is 0 Å². The number of carbonyl (C=O) groups excluding carboxylic acids is 1. The van der Waals surface area contributed by atoms with E-state index in [2.05, 4.69) is 30.1 Å². The van der Waals surface area contributed by atoms with Crippen LogP contribution in [0.15, 0.2) is 30.6 Å². The predicted molar refractivity (Wildman–Crippen MR) is 82.5 cm³/mol. The van der Waals surface area contributed by atoms with Gasteiger partial charge in [0, 0.05) is 37.7 Å². The number of benzene rings is 1. The van der Waals surface area contributed by atoms with Crippen molar-refractivity contribution in [3.8, 4) is 5.69 Å². The molecule has 116 valence electrons. The van der Waals surface area contributed by atoms with E-state index in [1.165, 1.54) is 11.1 Å². The smallest absolute Gasteiger partial charge is 0.252 e. The van der Waals surface area contributed by atoms with Gasteiger partial charge in [-0.2, -0.15) is 0 Å². The molecule has 1 fully saturated rings. The molecule has 0 atom stereocenters. The van der Waals surface area contributed by atoms with Crippen LogP contribution in [0.3, 0.4) is 0 Å². The van der Waals surface area contributed by atoms with Crippen LogP contribution in [-0.2, 0) is 11.3 Å². The summed E-state index contributed by atoms with van der Waals surface area (Å²) in [5.74, 6) is 0.299. The second-order valence-electron chi connectivity index (χ2n) is 6.00. The van der Waals surface area contributed by atoms with Gasteiger partial charge in [-0.3, -0.25) is 9.69 Å². The lowest BCUT2D eigenvalue weighted by Gasteiger charge is -2.44. The van der Waals surface area contributed by atoms with Crippen molar-refractivity contribution < 1.29 is 9.90 Å². The van der Waals surface area contributed by atoms with E-state index in [1.807, 2.05) is 22.6 Å². The van der Waals surface area contributed by atoms with Crippen LogP contribution in [0.4, 0.5) is 0 Å². The fourth-order valence-electron chi connectivity index (χ4n) is 2.86. The third-order valence-electron chi connectivity index (χ3n) is 4.25. The van der Waals surface area contributed by atoms with Gasteiger partial charge in [0.15, 0.2) is 5.60 Å². The average molecular weight is 300 g/mol. The molecule has 6 heteroatoms. The Kier molecular flexibility index (Phi) is 3.50. The number of amides is 1. The van der Waals surface area contributed by atoms with Gasteiger partial charge in [0.1, 0.15) is 5.82 Å². The maximum Gasteiger partial charge on any atom is 0.252 e. The summed E-state index contributed by atoms with van der Waals surface area (Å²) in [5.41, 5.74) is 7.24. The zero-order chi connectivity index (χ0) is 15.9. The zero-order valence-electron chi connectivity index (χ0n) is 12.8. The summed E-state index contributed by atoms with van der Waals surface area (Å²) in [5, 5.41) is 9.88. The first-order valence-corrected chi connectivity index (χ1v) is 7.23. The van der Waals surface area contributed by atoms with Crippen molar-refractivity contribution in [1.29, 1.82) is 0 Å². The molecule has 6 nitrogen and oxygen atoms in total. The molecule has 2 heterocycles. The van der Waals surface area contributed by atoms with Gasteiger partial charge in [-0.25, -0.2) is 4.98 Å². The summed E-state index contributed by atoms with van der Waals surface area (Å²) in [7, 11) is 0. The minimum absolute atomic E-state index is 0.296. The van der Waals surface area contributed by atoms with Crippen LogP contribution < -0.4 is 5.73 Å². The molecule has 1 saturated heterocycles. The van der Waals surface area contributed by atoms with E-state index in [0.717, 1.165) is 11.5 Å². The molecular formula is C16H20N4O2. The van der Waals surface area contributed by atoms with Gasteiger partial charge < -0.3 is 15.4 Å². The van der Waals surface area contributed by atoms with Crippen LogP contribution in [0.2, 0.25) is 0 Å². The van der Waals surface area contributed by atoms with Crippen molar-refractivity contribution in [2.75, 3.05) is 13.1 Å². The van der Waals surface area contributed by atoms with Gasteiger partial charge in [0.2, 0.25) is 0 Å². The number of aromatic nitrogens is 2. The van der Waals surface area contributed by atoms with Gasteiger partial charge in [0.25, 0.3) is 5.91 Å². The SMILES string of the molecule is Cc1cc(-n2ccnc2C)ccc1CN1CC(O)(C(N)=O)C1. The lowest BCUT2D eigenvalue weighted by atomic mass is 9.92. The van der Waals surface area contributed by atoms with E-state index >= 15 is 0 Å². The number of primary amides is 1. The van der Waals surface area contributed by atoms with Gasteiger partial charge in [-0.15, -0.1) is 0 Å². The Morgan fingerprint density at radius 1 is 1.41 bits per heavy atom. The number of hydrogen-bond donors (Lipinski definition) is 2. The predicted octanol–water partition coefficient (Wildman–Crippen LogP) is 0.521. The molecule has 0 aliphatic carbocycles. The number of imidazole rings is 1. The number of nitrogens with two attached hydrogens (primary N) is 1. The van der Waals surface area contributed by atoms with Crippen molar-refractivity contribution in [1.82, 2.24) is 14.5 Å². The Morgan fingerprint density at radius 3 is 2.68 bits per heavy atom. The highest BCUT2D eigenvalue weighted by Crippen LogP contribution is 2.24. The standard InChI is InChI=1S/C16H20N4O2/c1-11-7-14(20-6-5-18-12(20)2)4-3-13(11)8-19-9-16(22,10-19)15(17)21/h3-7,22H,8-10H2,1-2H3,(H2,17,21). The molecule has 0 radical (unpaired) electrons. The first-order valence-electron chi connectivity index (χ1n) is 7.23.